The van der Waals surface area contributed by atoms with Crippen LogP contribution in [0, 0.1) is 23.7 Å². The first-order valence-corrected chi connectivity index (χ1v) is 14.3. The van der Waals surface area contributed by atoms with E-state index in [1.807, 2.05) is 0 Å². The highest BCUT2D eigenvalue weighted by Gasteiger charge is 2.60. The van der Waals surface area contributed by atoms with E-state index in [-0.39, 0.29) is 9.74 Å². The fourth-order valence-corrected chi connectivity index (χ4v) is 10.1. The minimum atomic E-state index is 0.149. The standard InChI is InChI=1S/C26H44N2S/c1-5-13-21(14-6-1)25(22-15-7-2-8-16-22)27-28-26(29-25,23-17-9-3-10-18-23)24-19-11-4-12-20-24/h21-24H,1-20H2. The molecule has 29 heavy (non-hydrogen) atoms. The zero-order valence-corrected chi connectivity index (χ0v) is 19.6. The summed E-state index contributed by atoms with van der Waals surface area (Å²) in [6, 6.07) is 0. The van der Waals surface area contributed by atoms with Crippen molar-refractivity contribution in [1.29, 1.82) is 0 Å². The van der Waals surface area contributed by atoms with Gasteiger partial charge in [-0.3, -0.25) is 0 Å². The largest absolute Gasteiger partial charge is 0.174 e. The van der Waals surface area contributed by atoms with Crippen molar-refractivity contribution in [3.8, 4) is 0 Å². The number of thioether (sulfide) groups is 1. The molecule has 0 bridgehead atoms. The molecule has 0 unspecified atom stereocenters. The normalized spacial score (nSPS) is 32.6. The Hall–Kier alpha value is -0.0500. The lowest BCUT2D eigenvalue weighted by Gasteiger charge is -2.48. The van der Waals surface area contributed by atoms with Crippen LogP contribution in [-0.4, -0.2) is 9.74 Å². The van der Waals surface area contributed by atoms with Gasteiger partial charge in [-0.25, -0.2) is 0 Å². The molecule has 0 amide bonds. The minimum absolute atomic E-state index is 0.149. The first kappa shape index (κ1) is 20.8. The van der Waals surface area contributed by atoms with Crippen molar-refractivity contribution in [1.82, 2.24) is 0 Å². The van der Waals surface area contributed by atoms with Crippen LogP contribution < -0.4 is 0 Å². The zero-order chi connectivity index (χ0) is 19.6. The van der Waals surface area contributed by atoms with Crippen LogP contribution in [0.5, 0.6) is 0 Å². The van der Waals surface area contributed by atoms with Crippen LogP contribution in [0.2, 0.25) is 0 Å². The van der Waals surface area contributed by atoms with Crippen LogP contribution in [0.25, 0.3) is 0 Å². The molecule has 4 fully saturated rings. The molecule has 5 aliphatic rings. The maximum absolute atomic E-state index is 5.51. The molecule has 4 saturated carbocycles. The Morgan fingerprint density at radius 1 is 0.379 bits per heavy atom. The zero-order valence-electron chi connectivity index (χ0n) is 18.8. The van der Waals surface area contributed by atoms with Gasteiger partial charge in [0.25, 0.3) is 0 Å². The smallest absolute Gasteiger partial charge is 0.134 e. The number of nitrogens with zero attached hydrogens (tertiary/aromatic N) is 2. The summed E-state index contributed by atoms with van der Waals surface area (Å²) in [5, 5.41) is 11.0. The number of azo groups is 1. The van der Waals surface area contributed by atoms with Crippen molar-refractivity contribution >= 4 is 11.8 Å². The minimum Gasteiger partial charge on any atom is -0.174 e. The van der Waals surface area contributed by atoms with Gasteiger partial charge in [-0.05, 0) is 75.0 Å². The number of hydrogen-bond donors (Lipinski definition) is 0. The fraction of sp³-hybridized carbons (Fsp3) is 1.00. The van der Waals surface area contributed by atoms with Crippen LogP contribution in [0.1, 0.15) is 128 Å². The number of hydrogen-bond acceptors (Lipinski definition) is 3. The van der Waals surface area contributed by atoms with Crippen molar-refractivity contribution < 1.29 is 0 Å². The Kier molecular flexibility index (Phi) is 6.62. The SMILES string of the molecule is C1CCC(C2(C3CCCCC3)N=NC(C3CCCCC3)(C3CCCCC3)S2)CC1. The third-order valence-electron chi connectivity index (χ3n) is 9.45. The second-order valence-electron chi connectivity index (χ2n) is 11.1. The van der Waals surface area contributed by atoms with E-state index in [4.69, 9.17) is 10.2 Å². The Balaban J connectivity index is 1.48. The lowest BCUT2D eigenvalue weighted by atomic mass is 9.73. The third kappa shape index (κ3) is 3.96. The van der Waals surface area contributed by atoms with Gasteiger partial charge in [0.15, 0.2) is 0 Å². The highest BCUT2D eigenvalue weighted by molar-refractivity contribution is 8.02. The van der Waals surface area contributed by atoms with Gasteiger partial charge in [-0.1, -0.05) is 88.8 Å². The Morgan fingerprint density at radius 2 is 0.621 bits per heavy atom. The second kappa shape index (κ2) is 9.21. The molecule has 0 atom stereocenters. The molecule has 1 aliphatic heterocycles. The Morgan fingerprint density at radius 3 is 0.862 bits per heavy atom. The van der Waals surface area contributed by atoms with Gasteiger partial charge in [-0.2, -0.15) is 10.2 Å². The van der Waals surface area contributed by atoms with E-state index in [1.54, 1.807) is 0 Å². The van der Waals surface area contributed by atoms with Crippen LogP contribution in [0.4, 0.5) is 0 Å². The van der Waals surface area contributed by atoms with Crippen LogP contribution in [0.15, 0.2) is 10.2 Å². The molecule has 0 aromatic rings. The van der Waals surface area contributed by atoms with E-state index in [1.165, 1.54) is 128 Å². The summed E-state index contributed by atoms with van der Waals surface area (Å²) in [6.07, 6.45) is 28.7. The van der Waals surface area contributed by atoms with E-state index >= 15 is 0 Å². The molecule has 164 valence electrons. The van der Waals surface area contributed by atoms with Gasteiger partial charge in [-0.15, -0.1) is 0 Å². The van der Waals surface area contributed by atoms with Gasteiger partial charge in [0.2, 0.25) is 0 Å². The number of rotatable bonds is 4. The van der Waals surface area contributed by atoms with Gasteiger partial charge in [0.05, 0.1) is 0 Å². The first-order valence-electron chi connectivity index (χ1n) is 13.5. The lowest BCUT2D eigenvalue weighted by molar-refractivity contribution is 0.175. The highest BCUT2D eigenvalue weighted by atomic mass is 32.2. The molecule has 0 N–H and O–H groups in total. The van der Waals surface area contributed by atoms with E-state index in [0.29, 0.717) is 0 Å². The summed E-state index contributed by atoms with van der Waals surface area (Å²) in [6.45, 7) is 0. The summed E-state index contributed by atoms with van der Waals surface area (Å²) >= 11 is 2.40. The Bertz CT molecular complexity index is 465. The highest BCUT2D eigenvalue weighted by Crippen LogP contribution is 2.65. The molecule has 4 aliphatic carbocycles. The quantitative estimate of drug-likeness (QED) is 0.449. The van der Waals surface area contributed by atoms with Crippen LogP contribution >= 0.6 is 11.8 Å². The summed E-state index contributed by atoms with van der Waals surface area (Å²) in [5.74, 6) is 3.23. The summed E-state index contributed by atoms with van der Waals surface area (Å²) < 4.78 is 0. The molecule has 0 spiro atoms. The van der Waals surface area contributed by atoms with Crippen molar-refractivity contribution in [2.24, 2.45) is 33.9 Å². The predicted octanol–water partition coefficient (Wildman–Crippen LogP) is 8.90. The average Bonchev–Trinajstić information content (AvgIpc) is 3.25. The third-order valence-corrected chi connectivity index (χ3v) is 11.6. The van der Waals surface area contributed by atoms with Crippen molar-refractivity contribution in [3.05, 3.63) is 0 Å². The van der Waals surface area contributed by atoms with E-state index in [0.717, 1.165) is 23.7 Å². The van der Waals surface area contributed by atoms with E-state index < -0.39 is 0 Å². The van der Waals surface area contributed by atoms with Crippen LogP contribution in [-0.2, 0) is 0 Å². The Labute approximate surface area is 183 Å². The molecule has 1 heterocycles. The molecule has 3 heteroatoms. The molecule has 0 aromatic heterocycles. The summed E-state index contributed by atoms with van der Waals surface area (Å²) in [5.41, 5.74) is 0. The second-order valence-corrected chi connectivity index (χ2v) is 12.7. The molecule has 0 radical (unpaired) electrons. The van der Waals surface area contributed by atoms with Gasteiger partial charge in [0.1, 0.15) is 9.74 Å². The van der Waals surface area contributed by atoms with Gasteiger partial charge in [0, 0.05) is 0 Å². The molecular formula is C26H44N2S. The maximum atomic E-state index is 5.51. The maximum Gasteiger partial charge on any atom is 0.134 e. The molecular weight excluding hydrogens is 372 g/mol. The summed E-state index contributed by atoms with van der Waals surface area (Å²) in [7, 11) is 0. The molecule has 5 rings (SSSR count). The summed E-state index contributed by atoms with van der Waals surface area (Å²) in [4.78, 5) is 0.297. The first-order chi connectivity index (χ1) is 14.3. The lowest BCUT2D eigenvalue weighted by Crippen LogP contribution is -2.47. The van der Waals surface area contributed by atoms with E-state index in [9.17, 15) is 0 Å². The molecule has 0 saturated heterocycles. The molecule has 0 aromatic carbocycles. The molecule has 2 nitrogen and oxygen atoms in total. The van der Waals surface area contributed by atoms with Crippen LogP contribution in [0.3, 0.4) is 0 Å². The van der Waals surface area contributed by atoms with Gasteiger partial charge < -0.3 is 0 Å². The predicted molar refractivity (Wildman–Crippen MR) is 124 cm³/mol. The van der Waals surface area contributed by atoms with Crippen molar-refractivity contribution in [2.75, 3.05) is 0 Å². The average molecular weight is 417 g/mol. The fourth-order valence-electron chi connectivity index (χ4n) is 7.85. The monoisotopic (exact) mass is 416 g/mol. The van der Waals surface area contributed by atoms with Crippen molar-refractivity contribution in [2.45, 2.75) is 138 Å². The van der Waals surface area contributed by atoms with Gasteiger partial charge >= 0.3 is 0 Å². The van der Waals surface area contributed by atoms with Crippen molar-refractivity contribution in [3.63, 3.8) is 0 Å². The topological polar surface area (TPSA) is 24.7 Å². The van der Waals surface area contributed by atoms with E-state index in [2.05, 4.69) is 11.8 Å².